The van der Waals surface area contributed by atoms with E-state index >= 15 is 4.39 Å². The molecule has 1 atom stereocenters. The molecular weight excluding hydrogens is 543 g/mol. The summed E-state index contributed by atoms with van der Waals surface area (Å²) in [6.45, 7) is 8.83. The van der Waals surface area contributed by atoms with Crippen LogP contribution in [0.5, 0.6) is 0 Å². The first-order valence-corrected chi connectivity index (χ1v) is 13.7. The van der Waals surface area contributed by atoms with E-state index in [1.807, 2.05) is 42.2 Å². The molecule has 10 heteroatoms. The highest BCUT2D eigenvalue weighted by Crippen LogP contribution is 2.36. The molecule has 1 amide bonds. The predicted octanol–water partition coefficient (Wildman–Crippen LogP) is 5.29. The molecule has 0 aliphatic carbocycles. The summed E-state index contributed by atoms with van der Waals surface area (Å²) in [7, 11) is 0. The number of rotatable bonds is 6. The lowest BCUT2D eigenvalue weighted by Gasteiger charge is -2.40. The van der Waals surface area contributed by atoms with Crippen LogP contribution >= 0.6 is 11.6 Å². The molecule has 0 unspecified atom stereocenters. The molecule has 5 rings (SSSR count). The number of hydrogen-bond donors (Lipinski definition) is 0. The molecule has 2 aromatic heterocycles. The molecule has 3 heterocycles. The van der Waals surface area contributed by atoms with Crippen LogP contribution in [0.3, 0.4) is 0 Å². The summed E-state index contributed by atoms with van der Waals surface area (Å²) < 4.78 is 16.6. The van der Waals surface area contributed by atoms with Gasteiger partial charge in [-0.3, -0.25) is 4.79 Å². The summed E-state index contributed by atoms with van der Waals surface area (Å²) in [6, 6.07) is 15.2. The number of para-hydroxylation sites is 1. The van der Waals surface area contributed by atoms with Gasteiger partial charge in [-0.1, -0.05) is 55.8 Å². The molecule has 0 radical (unpaired) electrons. The summed E-state index contributed by atoms with van der Waals surface area (Å²) in [5.41, 5.74) is 1.33. The van der Waals surface area contributed by atoms with Crippen LogP contribution in [-0.4, -0.2) is 51.0 Å². The molecule has 208 valence electrons. The van der Waals surface area contributed by atoms with Crippen LogP contribution in [0.25, 0.3) is 28.0 Å². The van der Waals surface area contributed by atoms with Crippen molar-refractivity contribution in [2.45, 2.75) is 32.7 Å². The third-order valence-corrected chi connectivity index (χ3v) is 7.60. The van der Waals surface area contributed by atoms with Crippen molar-refractivity contribution in [3.8, 4) is 23.0 Å². The Morgan fingerprint density at radius 1 is 1.22 bits per heavy atom. The number of nitrogens with zero attached hydrogens (tertiary/aromatic N) is 6. The van der Waals surface area contributed by atoms with E-state index in [4.69, 9.17) is 16.6 Å². The summed E-state index contributed by atoms with van der Waals surface area (Å²) >= 11 is 6.75. The van der Waals surface area contributed by atoms with Crippen LogP contribution in [-0.2, 0) is 11.2 Å². The highest BCUT2D eigenvalue weighted by atomic mass is 35.5. The van der Waals surface area contributed by atoms with Gasteiger partial charge in [0.2, 0.25) is 5.91 Å². The van der Waals surface area contributed by atoms with Gasteiger partial charge in [0.1, 0.15) is 11.6 Å². The SMILES string of the molecule is C=CC(=O)N1CCN(c2nc(=O)n(-c3ccccc3CCC)c3nc(-c4c(F)cccc4C#N)c(Cl)cc23)[C@@H](C)C1. The minimum atomic E-state index is -0.649. The highest BCUT2D eigenvalue weighted by molar-refractivity contribution is 6.34. The largest absolute Gasteiger partial charge is 0.355 e. The maximum atomic E-state index is 15.1. The van der Waals surface area contributed by atoms with Crippen molar-refractivity contribution >= 4 is 34.4 Å². The van der Waals surface area contributed by atoms with Gasteiger partial charge in [-0.25, -0.2) is 18.7 Å². The number of piperazine rings is 1. The number of pyridine rings is 1. The van der Waals surface area contributed by atoms with Crippen molar-refractivity contribution in [2.75, 3.05) is 24.5 Å². The number of anilines is 1. The van der Waals surface area contributed by atoms with E-state index in [2.05, 4.69) is 18.5 Å². The Labute approximate surface area is 241 Å². The molecule has 0 spiro atoms. The minimum Gasteiger partial charge on any atom is -0.350 e. The minimum absolute atomic E-state index is 0.0361. The van der Waals surface area contributed by atoms with Crippen molar-refractivity contribution in [3.63, 3.8) is 0 Å². The Bertz CT molecular complexity index is 1780. The molecule has 1 fully saturated rings. The lowest BCUT2D eigenvalue weighted by Crippen LogP contribution is -2.54. The number of carbonyl (C=O) groups excluding carboxylic acids is 1. The lowest BCUT2D eigenvalue weighted by molar-refractivity contribution is -0.126. The van der Waals surface area contributed by atoms with Crippen molar-refractivity contribution in [2.24, 2.45) is 0 Å². The van der Waals surface area contributed by atoms with Gasteiger partial charge in [0.15, 0.2) is 5.65 Å². The molecule has 1 aliphatic heterocycles. The second-order valence-corrected chi connectivity index (χ2v) is 10.3. The van der Waals surface area contributed by atoms with Crippen LogP contribution in [0.2, 0.25) is 5.02 Å². The molecule has 0 bridgehead atoms. The molecule has 8 nitrogen and oxygen atoms in total. The Kier molecular flexibility index (Phi) is 7.86. The van der Waals surface area contributed by atoms with Crippen molar-refractivity contribution in [3.05, 3.63) is 93.6 Å². The number of halogens is 2. The molecule has 1 saturated heterocycles. The molecule has 1 aliphatic rings. The average molecular weight is 571 g/mol. The number of amides is 1. The number of carbonyl (C=O) groups is 1. The highest BCUT2D eigenvalue weighted by Gasteiger charge is 2.30. The van der Waals surface area contributed by atoms with E-state index in [-0.39, 0.29) is 39.4 Å². The van der Waals surface area contributed by atoms with E-state index in [0.717, 1.165) is 12.0 Å². The zero-order valence-electron chi connectivity index (χ0n) is 22.8. The van der Waals surface area contributed by atoms with Crippen molar-refractivity contribution < 1.29 is 9.18 Å². The summed E-state index contributed by atoms with van der Waals surface area (Å²) in [5.74, 6) is -0.434. The van der Waals surface area contributed by atoms with Crippen LogP contribution in [0.1, 0.15) is 31.4 Å². The molecule has 0 saturated carbocycles. The fourth-order valence-corrected chi connectivity index (χ4v) is 5.63. The number of fused-ring (bicyclic) bond motifs is 1. The Morgan fingerprint density at radius 2 is 2.00 bits per heavy atom. The fraction of sp³-hybridized carbons (Fsp3) is 0.258. The zero-order chi connectivity index (χ0) is 29.3. The monoisotopic (exact) mass is 570 g/mol. The third-order valence-electron chi connectivity index (χ3n) is 7.31. The van der Waals surface area contributed by atoms with Gasteiger partial charge in [-0.05, 0) is 49.2 Å². The van der Waals surface area contributed by atoms with Gasteiger partial charge in [-0.2, -0.15) is 10.2 Å². The molecule has 0 N–H and O–H groups in total. The van der Waals surface area contributed by atoms with Crippen LogP contribution in [0, 0.1) is 17.1 Å². The Hall–Kier alpha value is -4.55. The van der Waals surface area contributed by atoms with Gasteiger partial charge in [0, 0.05) is 25.7 Å². The second kappa shape index (κ2) is 11.5. The molecule has 4 aromatic rings. The Balaban J connectivity index is 1.81. The quantitative estimate of drug-likeness (QED) is 0.292. The van der Waals surface area contributed by atoms with Gasteiger partial charge in [-0.15, -0.1) is 0 Å². The summed E-state index contributed by atoms with van der Waals surface area (Å²) in [4.78, 5) is 39.1. The van der Waals surface area contributed by atoms with Gasteiger partial charge < -0.3 is 9.80 Å². The number of nitriles is 1. The lowest BCUT2D eigenvalue weighted by atomic mass is 10.0. The van der Waals surface area contributed by atoms with Crippen molar-refractivity contribution in [1.29, 1.82) is 5.26 Å². The predicted molar refractivity (Wildman–Crippen MR) is 158 cm³/mol. The number of benzene rings is 2. The normalized spacial score (nSPS) is 15.1. The van der Waals surface area contributed by atoms with E-state index in [0.29, 0.717) is 42.9 Å². The van der Waals surface area contributed by atoms with E-state index < -0.39 is 11.5 Å². The van der Waals surface area contributed by atoms with Crippen LogP contribution in [0.15, 0.2) is 66.0 Å². The molecule has 41 heavy (non-hydrogen) atoms. The Morgan fingerprint density at radius 3 is 2.71 bits per heavy atom. The average Bonchev–Trinajstić information content (AvgIpc) is 2.97. The molecular formula is C31H28ClFN6O2. The fourth-order valence-electron chi connectivity index (χ4n) is 5.39. The first-order valence-electron chi connectivity index (χ1n) is 13.4. The maximum Gasteiger partial charge on any atom is 0.355 e. The van der Waals surface area contributed by atoms with E-state index in [9.17, 15) is 14.9 Å². The van der Waals surface area contributed by atoms with Crippen molar-refractivity contribution in [1.82, 2.24) is 19.4 Å². The van der Waals surface area contributed by atoms with E-state index in [1.165, 1.54) is 28.8 Å². The second-order valence-electron chi connectivity index (χ2n) is 9.93. The summed E-state index contributed by atoms with van der Waals surface area (Å²) in [6.07, 6.45) is 2.86. The smallest absolute Gasteiger partial charge is 0.350 e. The van der Waals surface area contributed by atoms with Crippen LogP contribution < -0.4 is 10.6 Å². The van der Waals surface area contributed by atoms with E-state index in [1.54, 1.807) is 11.0 Å². The first kappa shape index (κ1) is 28.0. The molecule has 2 aromatic carbocycles. The number of aromatic nitrogens is 3. The number of aryl methyl sites for hydroxylation is 1. The number of hydrogen-bond acceptors (Lipinski definition) is 6. The first-order chi connectivity index (χ1) is 19.8. The van der Waals surface area contributed by atoms with Gasteiger partial charge >= 0.3 is 5.69 Å². The van der Waals surface area contributed by atoms with Gasteiger partial charge in [0.25, 0.3) is 0 Å². The van der Waals surface area contributed by atoms with Crippen LogP contribution in [0.4, 0.5) is 10.2 Å². The summed E-state index contributed by atoms with van der Waals surface area (Å²) in [5, 5.41) is 10.3. The standard InChI is InChI=1S/C31H28ClFN6O2/c1-4-9-20-10-6-7-13-25(20)39-30-22(16-23(32)28(35-30)27-21(17-34)11-8-12-24(27)33)29(36-31(39)41)38-15-14-37(18-19(38)3)26(40)5-2/h5-8,10-13,16,19H,2,4,9,14-15,18H2,1,3H3/t19-/m0/s1. The third kappa shape index (κ3) is 5.07. The van der Waals surface area contributed by atoms with Gasteiger partial charge in [0.05, 0.1) is 39.0 Å². The topological polar surface area (TPSA) is 95.1 Å². The maximum absolute atomic E-state index is 15.1. The zero-order valence-corrected chi connectivity index (χ0v) is 23.5.